The third-order valence-corrected chi connectivity index (χ3v) is 3.23. The van der Waals surface area contributed by atoms with Crippen molar-refractivity contribution < 1.29 is 19.8 Å². The van der Waals surface area contributed by atoms with Gasteiger partial charge in [-0.2, -0.15) is 0 Å². The van der Waals surface area contributed by atoms with Crippen molar-refractivity contribution in [2.24, 2.45) is 5.41 Å². The summed E-state index contributed by atoms with van der Waals surface area (Å²) in [6.45, 7) is 2.44. The number of urea groups is 1. The van der Waals surface area contributed by atoms with Crippen LogP contribution in [0.4, 0.5) is 4.79 Å². The lowest BCUT2D eigenvalue weighted by atomic mass is 9.89. The van der Waals surface area contributed by atoms with E-state index in [4.69, 9.17) is 10.2 Å². The molecule has 98 valence electrons. The van der Waals surface area contributed by atoms with Crippen LogP contribution in [0.5, 0.6) is 0 Å². The maximum atomic E-state index is 11.3. The van der Waals surface area contributed by atoms with Gasteiger partial charge in [-0.1, -0.05) is 19.8 Å². The Hall–Kier alpha value is -1.30. The van der Waals surface area contributed by atoms with E-state index in [9.17, 15) is 9.59 Å². The van der Waals surface area contributed by atoms with Crippen LogP contribution in [0.2, 0.25) is 0 Å². The summed E-state index contributed by atoms with van der Waals surface area (Å²) in [7, 11) is 0. The molecule has 0 aromatic rings. The number of carboxylic acid groups (broad SMARTS) is 1. The fourth-order valence-corrected chi connectivity index (χ4v) is 2.04. The SMILES string of the molecule is CC1(CNC(=O)NCC(O)C(=O)O)CCCC1. The number of carboxylic acids is 1. The Bertz CT molecular complexity index is 287. The van der Waals surface area contributed by atoms with Gasteiger partial charge in [0, 0.05) is 6.54 Å². The monoisotopic (exact) mass is 244 g/mol. The average molecular weight is 244 g/mol. The van der Waals surface area contributed by atoms with Gasteiger partial charge < -0.3 is 20.8 Å². The van der Waals surface area contributed by atoms with Gasteiger partial charge in [0.1, 0.15) is 0 Å². The molecule has 1 saturated carbocycles. The van der Waals surface area contributed by atoms with E-state index in [0.717, 1.165) is 12.8 Å². The largest absolute Gasteiger partial charge is 0.479 e. The minimum absolute atomic E-state index is 0.156. The van der Waals surface area contributed by atoms with Gasteiger partial charge in [-0.25, -0.2) is 9.59 Å². The van der Waals surface area contributed by atoms with E-state index < -0.39 is 18.1 Å². The molecular formula is C11H20N2O4. The molecule has 0 aromatic carbocycles. The molecule has 1 rings (SSSR count). The van der Waals surface area contributed by atoms with Crippen LogP contribution in [0.25, 0.3) is 0 Å². The highest BCUT2D eigenvalue weighted by Gasteiger charge is 2.28. The molecule has 0 bridgehead atoms. The minimum Gasteiger partial charge on any atom is -0.479 e. The summed E-state index contributed by atoms with van der Waals surface area (Å²) in [5.74, 6) is -1.34. The molecule has 0 aliphatic heterocycles. The zero-order chi connectivity index (χ0) is 12.9. The molecule has 1 fully saturated rings. The van der Waals surface area contributed by atoms with Crippen LogP contribution in [0.3, 0.4) is 0 Å². The lowest BCUT2D eigenvalue weighted by Crippen LogP contribution is -2.44. The van der Waals surface area contributed by atoms with Gasteiger partial charge in [0.05, 0.1) is 6.54 Å². The molecular weight excluding hydrogens is 224 g/mol. The first-order chi connectivity index (χ1) is 7.93. The Labute approximate surface area is 100 Å². The first-order valence-corrected chi connectivity index (χ1v) is 5.85. The Morgan fingerprint density at radius 2 is 1.88 bits per heavy atom. The number of nitrogens with one attached hydrogen (secondary N) is 2. The first-order valence-electron chi connectivity index (χ1n) is 5.85. The van der Waals surface area contributed by atoms with Crippen molar-refractivity contribution in [1.29, 1.82) is 0 Å². The van der Waals surface area contributed by atoms with Gasteiger partial charge in [0.2, 0.25) is 0 Å². The highest BCUT2D eigenvalue weighted by molar-refractivity contribution is 5.76. The van der Waals surface area contributed by atoms with Crippen molar-refractivity contribution in [2.75, 3.05) is 13.1 Å². The lowest BCUT2D eigenvalue weighted by molar-refractivity contribution is -0.146. The van der Waals surface area contributed by atoms with Crippen molar-refractivity contribution in [3.8, 4) is 0 Å². The van der Waals surface area contributed by atoms with Crippen LogP contribution in [-0.2, 0) is 4.79 Å². The predicted molar refractivity (Wildman–Crippen MR) is 61.6 cm³/mol. The van der Waals surface area contributed by atoms with Crippen LogP contribution in [0.1, 0.15) is 32.6 Å². The number of hydrogen-bond donors (Lipinski definition) is 4. The van der Waals surface area contributed by atoms with Crippen LogP contribution in [0.15, 0.2) is 0 Å². The molecule has 1 aliphatic carbocycles. The van der Waals surface area contributed by atoms with Gasteiger partial charge in [-0.05, 0) is 18.3 Å². The van der Waals surface area contributed by atoms with Gasteiger partial charge in [0.15, 0.2) is 6.10 Å². The summed E-state index contributed by atoms with van der Waals surface area (Å²) in [6.07, 6.45) is 3.04. The molecule has 1 atom stereocenters. The number of carbonyl (C=O) groups is 2. The van der Waals surface area contributed by atoms with Gasteiger partial charge in [0.25, 0.3) is 0 Å². The minimum atomic E-state index is -1.55. The molecule has 0 saturated heterocycles. The van der Waals surface area contributed by atoms with Crippen molar-refractivity contribution in [2.45, 2.75) is 38.7 Å². The zero-order valence-corrected chi connectivity index (χ0v) is 10.0. The summed E-state index contributed by atoms with van der Waals surface area (Å²) in [4.78, 5) is 21.7. The number of carbonyl (C=O) groups excluding carboxylic acids is 1. The smallest absolute Gasteiger partial charge is 0.334 e. The van der Waals surface area contributed by atoms with Crippen LogP contribution < -0.4 is 10.6 Å². The molecule has 0 aromatic heterocycles. The summed E-state index contributed by atoms with van der Waals surface area (Å²) >= 11 is 0. The van der Waals surface area contributed by atoms with E-state index in [0.29, 0.717) is 6.54 Å². The van der Waals surface area contributed by atoms with Gasteiger partial charge in [-0.3, -0.25) is 0 Å². The van der Waals surface area contributed by atoms with E-state index in [-0.39, 0.29) is 12.0 Å². The molecule has 6 nitrogen and oxygen atoms in total. The quantitative estimate of drug-likeness (QED) is 0.559. The Morgan fingerprint density at radius 3 is 2.41 bits per heavy atom. The molecule has 4 N–H and O–H groups in total. The summed E-state index contributed by atoms with van der Waals surface area (Å²) < 4.78 is 0. The van der Waals surface area contributed by atoms with Crippen LogP contribution in [0, 0.1) is 5.41 Å². The van der Waals surface area contributed by atoms with Gasteiger partial charge >= 0.3 is 12.0 Å². The van der Waals surface area contributed by atoms with Crippen molar-refractivity contribution in [3.05, 3.63) is 0 Å². The third kappa shape index (κ3) is 4.60. The van der Waals surface area contributed by atoms with Crippen molar-refractivity contribution >= 4 is 12.0 Å². The Morgan fingerprint density at radius 1 is 1.29 bits per heavy atom. The molecule has 0 radical (unpaired) electrons. The summed E-state index contributed by atoms with van der Waals surface area (Å²) in [6, 6.07) is -0.432. The number of aliphatic hydroxyl groups excluding tert-OH is 1. The fraction of sp³-hybridized carbons (Fsp3) is 0.818. The van der Waals surface area contributed by atoms with E-state index in [2.05, 4.69) is 17.6 Å². The third-order valence-electron chi connectivity index (χ3n) is 3.23. The molecule has 6 heteroatoms. The normalized spacial score (nSPS) is 19.6. The average Bonchev–Trinajstić information content (AvgIpc) is 2.70. The van der Waals surface area contributed by atoms with Crippen molar-refractivity contribution in [3.63, 3.8) is 0 Å². The second-order valence-electron chi connectivity index (χ2n) is 4.94. The first kappa shape index (κ1) is 13.8. The number of hydrogen-bond acceptors (Lipinski definition) is 3. The molecule has 1 unspecified atom stereocenters. The topological polar surface area (TPSA) is 98.7 Å². The Balaban J connectivity index is 2.19. The zero-order valence-electron chi connectivity index (χ0n) is 10.0. The number of aliphatic carboxylic acids is 1. The van der Waals surface area contributed by atoms with E-state index in [1.54, 1.807) is 0 Å². The standard InChI is InChI=1S/C11H20N2O4/c1-11(4-2-3-5-11)7-13-10(17)12-6-8(14)9(15)16/h8,14H,2-7H2,1H3,(H,15,16)(H2,12,13,17). The molecule has 17 heavy (non-hydrogen) atoms. The number of rotatable bonds is 5. The number of aliphatic hydroxyl groups is 1. The van der Waals surface area contributed by atoms with E-state index >= 15 is 0 Å². The number of amides is 2. The van der Waals surface area contributed by atoms with Crippen LogP contribution in [-0.4, -0.2) is 41.4 Å². The van der Waals surface area contributed by atoms with E-state index in [1.165, 1.54) is 12.8 Å². The summed E-state index contributed by atoms with van der Waals surface area (Å²) in [5, 5.41) is 22.4. The van der Waals surface area contributed by atoms with E-state index in [1.807, 2.05) is 0 Å². The molecule has 0 spiro atoms. The van der Waals surface area contributed by atoms with Gasteiger partial charge in [-0.15, -0.1) is 0 Å². The fourth-order valence-electron chi connectivity index (χ4n) is 2.04. The lowest BCUT2D eigenvalue weighted by Gasteiger charge is -2.23. The maximum absolute atomic E-state index is 11.3. The molecule has 1 aliphatic rings. The molecule has 0 heterocycles. The second-order valence-corrected chi connectivity index (χ2v) is 4.94. The van der Waals surface area contributed by atoms with Crippen LogP contribution >= 0.6 is 0 Å². The maximum Gasteiger partial charge on any atom is 0.334 e. The summed E-state index contributed by atoms with van der Waals surface area (Å²) in [5.41, 5.74) is 0.156. The predicted octanol–water partition coefficient (Wildman–Crippen LogP) is 0.311. The van der Waals surface area contributed by atoms with Crippen molar-refractivity contribution in [1.82, 2.24) is 10.6 Å². The Kier molecular flexibility index (Phi) is 4.74. The second kappa shape index (κ2) is 5.86. The highest BCUT2D eigenvalue weighted by Crippen LogP contribution is 2.36. The molecule has 2 amide bonds. The highest BCUT2D eigenvalue weighted by atomic mass is 16.4.